The Kier molecular flexibility index (Phi) is 7.12. The van der Waals surface area contributed by atoms with Gasteiger partial charge in [-0.05, 0) is 37.8 Å². The molecule has 6 nitrogen and oxygen atoms in total. The second-order valence-electron chi connectivity index (χ2n) is 7.69. The Bertz CT molecular complexity index is 1150. The summed E-state index contributed by atoms with van der Waals surface area (Å²) >= 11 is 1.37. The maximum atomic E-state index is 13.2. The lowest BCUT2D eigenvalue weighted by atomic mass is 10.2. The van der Waals surface area contributed by atoms with Crippen LogP contribution >= 0.6 is 11.3 Å². The van der Waals surface area contributed by atoms with E-state index in [0.29, 0.717) is 22.7 Å². The first-order chi connectivity index (χ1) is 14.7. The minimum Gasteiger partial charge on any atom is -0.328 e. The van der Waals surface area contributed by atoms with Gasteiger partial charge in [0.15, 0.2) is 0 Å². The van der Waals surface area contributed by atoms with Crippen LogP contribution in [-0.4, -0.2) is 35.3 Å². The molecule has 0 radical (unpaired) electrons. The zero-order valence-corrected chi connectivity index (χ0v) is 19.6. The minimum absolute atomic E-state index is 0.0280. The lowest BCUT2D eigenvalue weighted by Crippen LogP contribution is -2.31. The predicted octanol–water partition coefficient (Wildman–Crippen LogP) is 4.64. The van der Waals surface area contributed by atoms with Gasteiger partial charge in [-0.1, -0.05) is 42.0 Å². The summed E-state index contributed by atoms with van der Waals surface area (Å²) in [6, 6.07) is 10.9. The highest BCUT2D eigenvalue weighted by Gasteiger charge is 2.27. The molecule has 2 aromatic heterocycles. The van der Waals surface area contributed by atoms with E-state index < -0.39 is 9.84 Å². The molecular weight excluding hydrogens is 430 g/mol. The first-order valence-corrected chi connectivity index (χ1v) is 12.5. The summed E-state index contributed by atoms with van der Waals surface area (Å²) in [6.07, 6.45) is 3.22. The molecule has 0 bridgehead atoms. The number of carbonyl (C=O) groups is 1. The quantitative estimate of drug-likeness (QED) is 0.439. The number of nitrogens with zero attached hydrogens (tertiary/aromatic N) is 3. The van der Waals surface area contributed by atoms with Crippen molar-refractivity contribution in [1.29, 1.82) is 0 Å². The molecule has 0 N–H and O–H groups in total. The first kappa shape index (κ1) is 23.0. The van der Waals surface area contributed by atoms with Gasteiger partial charge in [-0.3, -0.25) is 4.79 Å². The highest BCUT2D eigenvalue weighted by atomic mass is 32.2. The Labute approximate surface area is 187 Å². The van der Waals surface area contributed by atoms with Crippen LogP contribution in [0.3, 0.4) is 0 Å². The molecule has 2 heterocycles. The smallest absolute Gasteiger partial charge is 0.264 e. The molecular formula is C23H27N3O3S2. The fourth-order valence-electron chi connectivity index (χ4n) is 3.37. The highest BCUT2D eigenvalue weighted by Crippen LogP contribution is 2.24. The number of sulfone groups is 1. The monoisotopic (exact) mass is 457 g/mol. The molecule has 31 heavy (non-hydrogen) atoms. The molecule has 1 amide bonds. The molecule has 0 fully saturated rings. The molecule has 0 spiro atoms. The van der Waals surface area contributed by atoms with Crippen LogP contribution in [0, 0.1) is 6.92 Å². The molecule has 0 aliphatic heterocycles. The van der Waals surface area contributed by atoms with E-state index in [2.05, 4.69) is 11.6 Å². The van der Waals surface area contributed by atoms with Crippen molar-refractivity contribution in [2.45, 2.75) is 44.3 Å². The second kappa shape index (κ2) is 9.62. The van der Waals surface area contributed by atoms with Crippen LogP contribution < -0.4 is 0 Å². The summed E-state index contributed by atoms with van der Waals surface area (Å²) in [5, 5.41) is 1.88. The number of rotatable bonds is 9. The Balaban J connectivity index is 1.92. The number of thiophene rings is 1. The van der Waals surface area contributed by atoms with Gasteiger partial charge in [-0.15, -0.1) is 17.9 Å². The van der Waals surface area contributed by atoms with E-state index >= 15 is 0 Å². The van der Waals surface area contributed by atoms with Crippen molar-refractivity contribution < 1.29 is 13.2 Å². The zero-order chi connectivity index (χ0) is 22.6. The van der Waals surface area contributed by atoms with E-state index in [4.69, 9.17) is 0 Å². The van der Waals surface area contributed by atoms with Gasteiger partial charge < -0.3 is 9.47 Å². The van der Waals surface area contributed by atoms with Gasteiger partial charge in [-0.25, -0.2) is 13.4 Å². The molecule has 1 aromatic carbocycles. The third kappa shape index (κ3) is 5.32. The van der Waals surface area contributed by atoms with E-state index in [0.717, 1.165) is 5.56 Å². The molecule has 0 atom stereocenters. The number of aryl methyl sites for hydroxylation is 1. The van der Waals surface area contributed by atoms with Crippen LogP contribution in [0.5, 0.6) is 0 Å². The van der Waals surface area contributed by atoms with E-state index in [-0.39, 0.29) is 29.4 Å². The van der Waals surface area contributed by atoms with Crippen LogP contribution in [0.4, 0.5) is 0 Å². The lowest BCUT2D eigenvalue weighted by Gasteiger charge is -2.23. The molecule has 164 valence electrons. The second-order valence-corrected chi connectivity index (χ2v) is 10.5. The summed E-state index contributed by atoms with van der Waals surface area (Å²) in [6.45, 7) is 10.1. The van der Waals surface area contributed by atoms with E-state index in [9.17, 15) is 13.2 Å². The van der Waals surface area contributed by atoms with Gasteiger partial charge in [0.2, 0.25) is 15.0 Å². The molecule has 0 aliphatic rings. The summed E-state index contributed by atoms with van der Waals surface area (Å²) in [5.41, 5.74) is 2.46. The molecule has 0 aliphatic carbocycles. The Hall–Kier alpha value is -2.71. The van der Waals surface area contributed by atoms with Gasteiger partial charge in [0, 0.05) is 12.6 Å². The molecule has 3 aromatic rings. The molecule has 0 saturated heterocycles. The third-order valence-electron chi connectivity index (χ3n) is 4.83. The van der Waals surface area contributed by atoms with Crippen LogP contribution in [-0.2, 0) is 22.1 Å². The van der Waals surface area contributed by atoms with Crippen molar-refractivity contribution >= 4 is 27.1 Å². The van der Waals surface area contributed by atoms with E-state index in [1.54, 1.807) is 27.8 Å². The lowest BCUT2D eigenvalue weighted by molar-refractivity contribution is 0.0763. The number of amides is 1. The molecule has 0 saturated carbocycles. The average Bonchev–Trinajstić information content (AvgIpc) is 3.39. The van der Waals surface area contributed by atoms with Crippen LogP contribution in [0.1, 0.15) is 46.4 Å². The molecule has 3 rings (SSSR count). The van der Waals surface area contributed by atoms with Gasteiger partial charge in [0.1, 0.15) is 0 Å². The maximum absolute atomic E-state index is 13.2. The van der Waals surface area contributed by atoms with Crippen molar-refractivity contribution in [3.8, 4) is 0 Å². The normalized spacial score (nSPS) is 11.6. The Morgan fingerprint density at radius 1 is 1.26 bits per heavy atom. The molecule has 8 heteroatoms. The summed E-state index contributed by atoms with van der Waals surface area (Å²) < 4.78 is 28.1. The first-order valence-electron chi connectivity index (χ1n) is 10.0. The zero-order valence-electron chi connectivity index (χ0n) is 18.0. The standard InChI is InChI=1S/C23H27N3O3S2/c1-5-12-25(22(27)21-7-6-13-30-21)15-20-14-24-23(26(20)17(2)3)31(28,29)16-19-10-8-18(4)9-11-19/h5-11,13-14,17H,1,12,15-16H2,2-4H3. The van der Waals surface area contributed by atoms with Gasteiger partial charge in [0.05, 0.1) is 29.1 Å². The van der Waals surface area contributed by atoms with Gasteiger partial charge in [-0.2, -0.15) is 0 Å². The average molecular weight is 458 g/mol. The minimum atomic E-state index is -3.66. The van der Waals surface area contributed by atoms with Gasteiger partial charge >= 0.3 is 0 Å². The SMILES string of the molecule is C=CCN(Cc1cnc(S(=O)(=O)Cc2ccc(C)cc2)n1C(C)C)C(=O)c1cccs1. The molecule has 0 unspecified atom stereocenters. The summed E-state index contributed by atoms with van der Waals surface area (Å²) in [4.78, 5) is 19.4. The maximum Gasteiger partial charge on any atom is 0.264 e. The predicted molar refractivity (Wildman–Crippen MR) is 124 cm³/mol. The number of imidazole rings is 1. The number of hydrogen-bond donors (Lipinski definition) is 0. The third-order valence-corrected chi connectivity index (χ3v) is 7.26. The van der Waals surface area contributed by atoms with Crippen LogP contribution in [0.25, 0.3) is 0 Å². The fourth-order valence-corrected chi connectivity index (χ4v) is 5.66. The van der Waals surface area contributed by atoms with E-state index in [1.165, 1.54) is 11.3 Å². The van der Waals surface area contributed by atoms with Crippen molar-refractivity contribution in [1.82, 2.24) is 14.5 Å². The van der Waals surface area contributed by atoms with E-state index in [1.807, 2.05) is 56.5 Å². The van der Waals surface area contributed by atoms with Gasteiger partial charge in [0.25, 0.3) is 5.91 Å². The fraction of sp³-hybridized carbons (Fsp3) is 0.304. The Morgan fingerprint density at radius 2 is 1.97 bits per heavy atom. The summed E-state index contributed by atoms with van der Waals surface area (Å²) in [7, 11) is -3.66. The number of hydrogen-bond acceptors (Lipinski definition) is 5. The number of carbonyl (C=O) groups excluding carboxylic acids is 1. The van der Waals surface area contributed by atoms with Crippen molar-refractivity contribution in [2.24, 2.45) is 0 Å². The number of aromatic nitrogens is 2. The highest BCUT2D eigenvalue weighted by molar-refractivity contribution is 7.90. The van der Waals surface area contributed by atoms with Crippen molar-refractivity contribution in [2.75, 3.05) is 6.54 Å². The van der Waals surface area contributed by atoms with Crippen molar-refractivity contribution in [3.63, 3.8) is 0 Å². The van der Waals surface area contributed by atoms with Crippen molar-refractivity contribution in [3.05, 3.63) is 82.3 Å². The topological polar surface area (TPSA) is 72.3 Å². The summed E-state index contributed by atoms with van der Waals surface area (Å²) in [5.74, 6) is -0.239. The largest absolute Gasteiger partial charge is 0.328 e. The van der Waals surface area contributed by atoms with Crippen LogP contribution in [0.15, 0.2) is 65.8 Å². The number of benzene rings is 1. The Morgan fingerprint density at radius 3 is 2.55 bits per heavy atom. The van der Waals surface area contributed by atoms with Crippen LogP contribution in [0.2, 0.25) is 0 Å².